The van der Waals surface area contributed by atoms with E-state index in [1.165, 1.54) is 5.56 Å². The molecule has 1 aliphatic rings. The van der Waals surface area contributed by atoms with Crippen LogP contribution in [0.3, 0.4) is 0 Å². The first-order valence-electron chi connectivity index (χ1n) is 9.91. The van der Waals surface area contributed by atoms with Gasteiger partial charge in [0.1, 0.15) is 18.1 Å². The lowest BCUT2D eigenvalue weighted by Crippen LogP contribution is -2.45. The third-order valence-corrected chi connectivity index (χ3v) is 6.03. The Morgan fingerprint density at radius 1 is 1.25 bits per heavy atom. The number of ether oxygens (including phenoxy) is 1. The fourth-order valence-electron chi connectivity index (χ4n) is 4.53. The Morgan fingerprint density at radius 3 is 2.61 bits per heavy atom. The van der Waals surface area contributed by atoms with E-state index in [4.69, 9.17) is 20.8 Å². The second kappa shape index (κ2) is 9.42. The van der Waals surface area contributed by atoms with Gasteiger partial charge < -0.3 is 19.6 Å². The molecule has 0 aliphatic carbocycles. The summed E-state index contributed by atoms with van der Waals surface area (Å²) in [6, 6.07) is 12.3. The number of rotatable bonds is 9. The second-order valence-corrected chi connectivity index (χ2v) is 8.27. The molecule has 3 atom stereocenters. The summed E-state index contributed by atoms with van der Waals surface area (Å²) in [5.74, 6) is 2.13. The number of likely N-dealkylation sites (tertiary alicyclic amines) is 1. The number of nitrogens with one attached hydrogen (secondary N) is 1. The average molecular weight is 407 g/mol. The Bertz CT molecular complexity index is 748. The van der Waals surface area contributed by atoms with Gasteiger partial charge in [-0.1, -0.05) is 30.7 Å². The van der Waals surface area contributed by atoms with Crippen molar-refractivity contribution in [3.63, 3.8) is 0 Å². The molecule has 0 amide bonds. The topological polar surface area (TPSA) is 57.9 Å². The van der Waals surface area contributed by atoms with Crippen molar-refractivity contribution in [2.24, 2.45) is 5.92 Å². The van der Waals surface area contributed by atoms with Crippen LogP contribution in [0.1, 0.15) is 43.4 Å². The van der Waals surface area contributed by atoms with E-state index in [0.717, 1.165) is 36.1 Å². The summed E-state index contributed by atoms with van der Waals surface area (Å²) in [5, 5.41) is 14.4. The Morgan fingerprint density at radius 2 is 1.96 bits per heavy atom. The molecule has 1 aromatic heterocycles. The van der Waals surface area contributed by atoms with Gasteiger partial charge in [0.25, 0.3) is 0 Å². The van der Waals surface area contributed by atoms with Crippen molar-refractivity contribution in [1.82, 2.24) is 10.2 Å². The number of hydrogen-bond donors (Lipinski definition) is 2. The van der Waals surface area contributed by atoms with Crippen LogP contribution in [-0.4, -0.2) is 42.4 Å². The molecule has 0 bridgehead atoms. The first-order chi connectivity index (χ1) is 13.5. The van der Waals surface area contributed by atoms with E-state index in [-0.39, 0.29) is 18.2 Å². The lowest BCUT2D eigenvalue weighted by atomic mass is 9.90. The number of nitrogens with zero attached hydrogens (tertiary/aromatic N) is 1. The number of hydrogen-bond acceptors (Lipinski definition) is 5. The van der Waals surface area contributed by atoms with E-state index in [0.29, 0.717) is 19.1 Å². The minimum absolute atomic E-state index is 0.153. The standard InChI is InChI=1S/C22H31ClN2O3/c1-4-25-21(16-5-7-18(23)8-6-16)17(11-22(25,2)15-26)12-24-13-19-9-10-20(28-19)14-27-3/h5-10,17,21,24,26H,4,11-15H2,1-3H3/t17-,21+,22+/m1/s1. The maximum Gasteiger partial charge on any atom is 0.129 e. The maximum atomic E-state index is 10.1. The average Bonchev–Trinajstić information content (AvgIpc) is 3.25. The second-order valence-electron chi connectivity index (χ2n) is 7.83. The highest BCUT2D eigenvalue weighted by atomic mass is 35.5. The summed E-state index contributed by atoms with van der Waals surface area (Å²) < 4.78 is 10.9. The van der Waals surface area contributed by atoms with Crippen molar-refractivity contribution < 1.29 is 14.3 Å². The number of likely N-dealkylation sites (N-methyl/N-ethyl adjacent to an activating group) is 1. The van der Waals surface area contributed by atoms with Crippen LogP contribution in [0.4, 0.5) is 0 Å². The zero-order chi connectivity index (χ0) is 20.1. The van der Waals surface area contributed by atoms with Crippen molar-refractivity contribution in [1.29, 1.82) is 0 Å². The van der Waals surface area contributed by atoms with Gasteiger partial charge in [0.15, 0.2) is 0 Å². The molecule has 6 heteroatoms. The van der Waals surface area contributed by atoms with Gasteiger partial charge in [-0.25, -0.2) is 0 Å². The van der Waals surface area contributed by atoms with Crippen LogP contribution in [-0.2, 0) is 17.9 Å². The highest BCUT2D eigenvalue weighted by Crippen LogP contribution is 2.46. The minimum Gasteiger partial charge on any atom is -0.462 e. The monoisotopic (exact) mass is 406 g/mol. The lowest BCUT2D eigenvalue weighted by molar-refractivity contribution is 0.0579. The molecule has 2 aromatic rings. The highest BCUT2D eigenvalue weighted by Gasteiger charge is 2.47. The first-order valence-corrected chi connectivity index (χ1v) is 10.3. The number of furan rings is 1. The van der Waals surface area contributed by atoms with Crippen LogP contribution in [0.25, 0.3) is 0 Å². The molecule has 3 rings (SSSR count). The summed E-state index contributed by atoms with van der Waals surface area (Å²) in [6.45, 7) is 7.37. The number of methoxy groups -OCH3 is 1. The fourth-order valence-corrected chi connectivity index (χ4v) is 4.66. The van der Waals surface area contributed by atoms with Gasteiger partial charge in [0, 0.05) is 30.3 Å². The van der Waals surface area contributed by atoms with Gasteiger partial charge in [0.2, 0.25) is 0 Å². The third-order valence-electron chi connectivity index (χ3n) is 5.78. The Balaban J connectivity index is 1.71. The Kier molecular flexibility index (Phi) is 7.18. The molecule has 1 aliphatic heterocycles. The smallest absolute Gasteiger partial charge is 0.129 e. The molecule has 5 nitrogen and oxygen atoms in total. The maximum absolute atomic E-state index is 10.1. The Labute approximate surface area is 172 Å². The van der Waals surface area contributed by atoms with E-state index in [9.17, 15) is 5.11 Å². The largest absolute Gasteiger partial charge is 0.462 e. The fraction of sp³-hybridized carbons (Fsp3) is 0.545. The molecule has 2 heterocycles. The molecular formula is C22H31ClN2O3. The number of halogens is 1. The summed E-state index contributed by atoms with van der Waals surface area (Å²) in [4.78, 5) is 2.42. The van der Waals surface area contributed by atoms with Crippen LogP contribution in [0.5, 0.6) is 0 Å². The molecule has 0 unspecified atom stereocenters. The molecular weight excluding hydrogens is 376 g/mol. The molecule has 1 saturated heterocycles. The van der Waals surface area contributed by atoms with Crippen molar-refractivity contribution in [3.05, 3.63) is 58.5 Å². The molecule has 0 spiro atoms. The molecule has 0 saturated carbocycles. The summed E-state index contributed by atoms with van der Waals surface area (Å²) in [5.41, 5.74) is 1.03. The zero-order valence-electron chi connectivity index (χ0n) is 17.0. The normalized spacial score (nSPS) is 25.5. The van der Waals surface area contributed by atoms with E-state index in [1.54, 1.807) is 7.11 Å². The van der Waals surface area contributed by atoms with Gasteiger partial charge in [-0.15, -0.1) is 0 Å². The molecule has 1 aromatic carbocycles. The van der Waals surface area contributed by atoms with E-state index >= 15 is 0 Å². The number of aliphatic hydroxyl groups excluding tert-OH is 1. The van der Waals surface area contributed by atoms with Gasteiger partial charge in [0.05, 0.1) is 13.2 Å². The van der Waals surface area contributed by atoms with Crippen molar-refractivity contribution >= 4 is 11.6 Å². The van der Waals surface area contributed by atoms with Gasteiger partial charge in [-0.2, -0.15) is 0 Å². The summed E-state index contributed by atoms with van der Waals surface area (Å²) in [6.07, 6.45) is 0.935. The molecule has 2 N–H and O–H groups in total. The van der Waals surface area contributed by atoms with Crippen LogP contribution < -0.4 is 5.32 Å². The summed E-state index contributed by atoms with van der Waals surface area (Å²) >= 11 is 6.10. The van der Waals surface area contributed by atoms with Crippen molar-refractivity contribution in [3.8, 4) is 0 Å². The number of benzene rings is 1. The SMILES string of the molecule is CCN1[C@@H](c2ccc(Cl)cc2)[C@@H](CNCc2ccc(COC)o2)C[C@@]1(C)CO. The lowest BCUT2D eigenvalue weighted by Gasteiger charge is -2.37. The predicted octanol–water partition coefficient (Wildman–Crippen LogP) is 4.00. The third kappa shape index (κ3) is 4.61. The van der Waals surface area contributed by atoms with Crippen molar-refractivity contribution in [2.75, 3.05) is 26.8 Å². The van der Waals surface area contributed by atoms with Crippen LogP contribution in [0, 0.1) is 5.92 Å². The van der Waals surface area contributed by atoms with E-state index in [2.05, 4.69) is 36.2 Å². The molecule has 154 valence electrons. The van der Waals surface area contributed by atoms with Crippen LogP contribution in [0.15, 0.2) is 40.8 Å². The van der Waals surface area contributed by atoms with Gasteiger partial charge in [-0.05, 0) is 55.6 Å². The first kappa shape index (κ1) is 21.3. The predicted molar refractivity (Wildman–Crippen MR) is 111 cm³/mol. The van der Waals surface area contributed by atoms with Gasteiger partial charge >= 0.3 is 0 Å². The minimum atomic E-state index is -0.221. The van der Waals surface area contributed by atoms with Crippen LogP contribution in [0.2, 0.25) is 5.02 Å². The van der Waals surface area contributed by atoms with Gasteiger partial charge in [-0.3, -0.25) is 4.90 Å². The van der Waals surface area contributed by atoms with Crippen molar-refractivity contribution in [2.45, 2.75) is 45.0 Å². The summed E-state index contributed by atoms with van der Waals surface area (Å²) in [7, 11) is 1.66. The van der Waals surface area contributed by atoms with E-state index in [1.807, 2.05) is 24.3 Å². The number of aliphatic hydroxyl groups is 1. The van der Waals surface area contributed by atoms with Crippen LogP contribution >= 0.6 is 11.6 Å². The molecule has 0 radical (unpaired) electrons. The molecule has 1 fully saturated rings. The molecule has 28 heavy (non-hydrogen) atoms. The quantitative estimate of drug-likeness (QED) is 0.659. The Hall–Kier alpha value is -1.37. The highest BCUT2D eigenvalue weighted by molar-refractivity contribution is 6.30. The zero-order valence-corrected chi connectivity index (χ0v) is 17.7. The van der Waals surface area contributed by atoms with E-state index < -0.39 is 0 Å².